The van der Waals surface area contributed by atoms with E-state index in [0.717, 1.165) is 0 Å². The largest absolute Gasteiger partial charge is 0.372 e. The van der Waals surface area contributed by atoms with Gasteiger partial charge in [0.2, 0.25) is 0 Å². The van der Waals surface area contributed by atoms with Gasteiger partial charge in [0.05, 0.1) is 11.7 Å². The van der Waals surface area contributed by atoms with Crippen LogP contribution in [-0.4, -0.2) is 22.9 Å². The van der Waals surface area contributed by atoms with E-state index in [1.54, 1.807) is 0 Å². The normalized spacial score (nSPS) is 16.9. The molecule has 0 spiro atoms. The molecule has 0 N–H and O–H groups in total. The van der Waals surface area contributed by atoms with E-state index >= 15 is 0 Å². The van der Waals surface area contributed by atoms with Gasteiger partial charge in [-0.25, -0.2) is 0 Å². The summed E-state index contributed by atoms with van der Waals surface area (Å²) in [6.45, 7) is 2.40. The van der Waals surface area contributed by atoms with Crippen LogP contribution in [0.5, 0.6) is 0 Å². The van der Waals surface area contributed by atoms with Gasteiger partial charge in [-0.15, -0.1) is 0 Å². The van der Waals surface area contributed by atoms with Crippen LogP contribution in [0.1, 0.15) is 19.3 Å². The molecule has 2 aromatic rings. The minimum atomic E-state index is 1.20. The van der Waals surface area contributed by atoms with Crippen molar-refractivity contribution in [2.45, 2.75) is 19.3 Å². The summed E-state index contributed by atoms with van der Waals surface area (Å²) in [5.74, 6) is 0. The predicted octanol–water partition coefficient (Wildman–Crippen LogP) is 2.56. The first-order chi connectivity index (χ1) is 7.84. The first kappa shape index (κ1) is 9.70. The molecule has 1 aromatic heterocycles. The average molecular weight is 215 g/mol. The summed E-state index contributed by atoms with van der Waals surface area (Å²) in [6.07, 6.45) is 5.98. The third-order valence-corrected chi connectivity index (χ3v) is 3.45. The Hall–Kier alpha value is -1.51. The van der Waals surface area contributed by atoms with Crippen LogP contribution in [0.4, 0.5) is 5.69 Å². The number of nitrogens with zero attached hydrogens (tertiary/aromatic N) is 3. The zero-order chi connectivity index (χ0) is 11.0. The van der Waals surface area contributed by atoms with Crippen molar-refractivity contribution in [3.8, 4) is 0 Å². The summed E-state index contributed by atoms with van der Waals surface area (Å²) in [5, 5.41) is 5.52. The van der Waals surface area contributed by atoms with Crippen LogP contribution in [0.3, 0.4) is 0 Å². The number of fused-ring (bicyclic) bond motifs is 1. The molecule has 16 heavy (non-hydrogen) atoms. The fraction of sp³-hybridized carbons (Fsp3) is 0.462. The molecule has 0 aliphatic carbocycles. The Labute approximate surface area is 95.7 Å². The lowest BCUT2D eigenvalue weighted by atomic mass is 10.1. The number of rotatable bonds is 1. The Kier molecular flexibility index (Phi) is 2.31. The minimum Gasteiger partial charge on any atom is -0.372 e. The van der Waals surface area contributed by atoms with E-state index in [9.17, 15) is 0 Å². The van der Waals surface area contributed by atoms with Crippen molar-refractivity contribution in [1.82, 2.24) is 9.78 Å². The molecule has 1 saturated heterocycles. The number of aryl methyl sites for hydroxylation is 1. The van der Waals surface area contributed by atoms with Crippen molar-refractivity contribution >= 4 is 16.6 Å². The molecule has 0 radical (unpaired) electrons. The summed E-state index contributed by atoms with van der Waals surface area (Å²) < 4.78 is 1.93. The predicted molar refractivity (Wildman–Crippen MR) is 66.8 cm³/mol. The van der Waals surface area contributed by atoms with E-state index in [1.807, 2.05) is 17.9 Å². The second-order valence-electron chi connectivity index (χ2n) is 4.56. The van der Waals surface area contributed by atoms with Crippen molar-refractivity contribution < 1.29 is 0 Å². The lowest BCUT2D eigenvalue weighted by Gasteiger charge is -2.28. The van der Waals surface area contributed by atoms with Crippen LogP contribution < -0.4 is 4.90 Å². The van der Waals surface area contributed by atoms with Crippen molar-refractivity contribution in [3.63, 3.8) is 0 Å². The maximum atomic E-state index is 4.28. The highest BCUT2D eigenvalue weighted by Gasteiger charge is 2.11. The van der Waals surface area contributed by atoms with Gasteiger partial charge in [0.25, 0.3) is 0 Å². The van der Waals surface area contributed by atoms with E-state index in [2.05, 4.69) is 28.2 Å². The highest BCUT2D eigenvalue weighted by Crippen LogP contribution is 2.24. The van der Waals surface area contributed by atoms with Crippen molar-refractivity contribution in [1.29, 1.82) is 0 Å². The lowest BCUT2D eigenvalue weighted by molar-refractivity contribution is 0.578. The molecule has 1 aromatic carbocycles. The number of piperidine rings is 1. The van der Waals surface area contributed by atoms with E-state index in [1.165, 1.54) is 48.9 Å². The molecular formula is C13H17N3. The zero-order valence-corrected chi connectivity index (χ0v) is 9.69. The standard InChI is InChI=1S/C13H17N3/c1-15-13-6-5-12(9-11(13)10-14-15)16-7-3-2-4-8-16/h5-6,9-10H,2-4,7-8H2,1H3. The third-order valence-electron chi connectivity index (χ3n) is 3.45. The van der Waals surface area contributed by atoms with Crippen LogP contribution >= 0.6 is 0 Å². The fourth-order valence-electron chi connectivity index (χ4n) is 2.50. The van der Waals surface area contributed by atoms with Crippen molar-refractivity contribution in [3.05, 3.63) is 24.4 Å². The number of hydrogen-bond acceptors (Lipinski definition) is 2. The molecule has 2 heterocycles. The van der Waals surface area contributed by atoms with Gasteiger partial charge in [0.15, 0.2) is 0 Å². The molecule has 3 rings (SSSR count). The lowest BCUT2D eigenvalue weighted by Crippen LogP contribution is -2.29. The smallest absolute Gasteiger partial charge is 0.0680 e. The number of benzene rings is 1. The first-order valence-electron chi connectivity index (χ1n) is 6.01. The average Bonchev–Trinajstić information content (AvgIpc) is 2.72. The third kappa shape index (κ3) is 1.56. The number of anilines is 1. The maximum absolute atomic E-state index is 4.28. The van der Waals surface area contributed by atoms with Gasteiger partial charge in [-0.2, -0.15) is 5.10 Å². The SMILES string of the molecule is Cn1ncc2cc(N3CCCCC3)ccc21. The van der Waals surface area contributed by atoms with Crippen LogP contribution in [-0.2, 0) is 7.05 Å². The molecule has 1 aliphatic rings. The Morgan fingerprint density at radius 1 is 1.12 bits per heavy atom. The van der Waals surface area contributed by atoms with Gasteiger partial charge < -0.3 is 4.90 Å². The highest BCUT2D eigenvalue weighted by atomic mass is 15.2. The molecule has 3 nitrogen and oxygen atoms in total. The summed E-state index contributed by atoms with van der Waals surface area (Å²) in [7, 11) is 1.99. The summed E-state index contributed by atoms with van der Waals surface area (Å²) in [6, 6.07) is 6.65. The summed E-state index contributed by atoms with van der Waals surface area (Å²) >= 11 is 0. The van der Waals surface area contributed by atoms with Gasteiger partial charge in [-0.3, -0.25) is 4.68 Å². The molecule has 0 amide bonds. The number of aromatic nitrogens is 2. The van der Waals surface area contributed by atoms with Gasteiger partial charge >= 0.3 is 0 Å². The quantitative estimate of drug-likeness (QED) is 0.729. The Morgan fingerprint density at radius 3 is 2.75 bits per heavy atom. The van der Waals surface area contributed by atoms with Crippen molar-refractivity contribution in [2.24, 2.45) is 7.05 Å². The van der Waals surface area contributed by atoms with Crippen LogP contribution in [0.25, 0.3) is 10.9 Å². The second-order valence-corrected chi connectivity index (χ2v) is 4.56. The van der Waals surface area contributed by atoms with Gasteiger partial charge in [0, 0.05) is 31.2 Å². The second kappa shape index (κ2) is 3.81. The molecule has 0 unspecified atom stereocenters. The van der Waals surface area contributed by atoms with Crippen LogP contribution in [0.15, 0.2) is 24.4 Å². The Bertz CT molecular complexity index is 495. The molecular weight excluding hydrogens is 198 g/mol. The molecule has 84 valence electrons. The van der Waals surface area contributed by atoms with Gasteiger partial charge in [-0.1, -0.05) is 0 Å². The molecule has 1 fully saturated rings. The molecule has 1 aliphatic heterocycles. The van der Waals surface area contributed by atoms with Gasteiger partial charge in [0.1, 0.15) is 0 Å². The van der Waals surface area contributed by atoms with Gasteiger partial charge in [-0.05, 0) is 37.5 Å². The summed E-state index contributed by atoms with van der Waals surface area (Å²) in [5.41, 5.74) is 2.56. The van der Waals surface area contributed by atoms with Crippen LogP contribution in [0.2, 0.25) is 0 Å². The van der Waals surface area contributed by atoms with E-state index in [-0.39, 0.29) is 0 Å². The summed E-state index contributed by atoms with van der Waals surface area (Å²) in [4.78, 5) is 2.48. The number of hydrogen-bond donors (Lipinski definition) is 0. The highest BCUT2D eigenvalue weighted by molar-refractivity contribution is 5.82. The van der Waals surface area contributed by atoms with Crippen molar-refractivity contribution in [2.75, 3.05) is 18.0 Å². The topological polar surface area (TPSA) is 21.1 Å². The Balaban J connectivity index is 1.97. The van der Waals surface area contributed by atoms with E-state index < -0.39 is 0 Å². The van der Waals surface area contributed by atoms with E-state index in [4.69, 9.17) is 0 Å². The molecule has 0 saturated carbocycles. The minimum absolute atomic E-state index is 1.20. The molecule has 0 atom stereocenters. The molecule has 3 heteroatoms. The maximum Gasteiger partial charge on any atom is 0.0680 e. The monoisotopic (exact) mass is 215 g/mol. The first-order valence-corrected chi connectivity index (χ1v) is 6.01. The zero-order valence-electron chi connectivity index (χ0n) is 9.69. The molecule has 0 bridgehead atoms. The Morgan fingerprint density at radius 2 is 1.94 bits per heavy atom. The van der Waals surface area contributed by atoms with Crippen LogP contribution in [0, 0.1) is 0 Å². The van der Waals surface area contributed by atoms with E-state index in [0.29, 0.717) is 0 Å². The fourth-order valence-corrected chi connectivity index (χ4v) is 2.50.